The van der Waals surface area contributed by atoms with Crippen molar-refractivity contribution < 1.29 is 9.59 Å². The highest BCUT2D eigenvalue weighted by molar-refractivity contribution is 5.92. The number of nitrogens with zero attached hydrogens (tertiary/aromatic N) is 2. The Hall–Kier alpha value is -2.35. The Morgan fingerprint density at radius 1 is 1.32 bits per heavy atom. The first-order chi connectivity index (χ1) is 12.0. The quantitative estimate of drug-likeness (QED) is 0.856. The molecular weight excluding hydrogens is 314 g/mol. The van der Waals surface area contributed by atoms with Crippen molar-refractivity contribution in [2.24, 2.45) is 5.92 Å². The molecule has 1 fully saturated rings. The summed E-state index contributed by atoms with van der Waals surface area (Å²) in [4.78, 5) is 30.3. The number of carbonyl (C=O) groups excluding carboxylic acids is 2. The number of nitrogens with one attached hydrogen (secondary N) is 1. The SMILES string of the molecule is CCCC(=O)N1CCC(NC(=O)c2ccc(C#CC(C)C)cn2)CC1. The second kappa shape index (κ2) is 9.22. The lowest BCUT2D eigenvalue weighted by Crippen LogP contribution is -2.46. The van der Waals surface area contributed by atoms with Crippen LogP contribution < -0.4 is 5.32 Å². The van der Waals surface area contributed by atoms with E-state index in [1.165, 1.54) is 0 Å². The van der Waals surface area contributed by atoms with Crippen LogP contribution in [0.25, 0.3) is 0 Å². The molecule has 2 heterocycles. The van der Waals surface area contributed by atoms with Crippen LogP contribution in [0.1, 0.15) is 62.5 Å². The van der Waals surface area contributed by atoms with Gasteiger partial charge >= 0.3 is 0 Å². The molecule has 0 aliphatic carbocycles. The van der Waals surface area contributed by atoms with Gasteiger partial charge < -0.3 is 10.2 Å². The number of piperidine rings is 1. The number of hydrogen-bond acceptors (Lipinski definition) is 3. The Balaban J connectivity index is 1.85. The van der Waals surface area contributed by atoms with Crippen molar-refractivity contribution in [3.8, 4) is 11.8 Å². The van der Waals surface area contributed by atoms with Crippen molar-refractivity contribution in [1.29, 1.82) is 0 Å². The minimum absolute atomic E-state index is 0.0976. The number of carbonyl (C=O) groups is 2. The second-order valence-electron chi connectivity index (χ2n) is 6.73. The van der Waals surface area contributed by atoms with Gasteiger partial charge in [0.1, 0.15) is 5.69 Å². The Bertz CT molecular complexity index is 648. The number of likely N-dealkylation sites (tertiary alicyclic amines) is 1. The van der Waals surface area contributed by atoms with Crippen LogP contribution in [0.3, 0.4) is 0 Å². The summed E-state index contributed by atoms with van der Waals surface area (Å²) < 4.78 is 0. The summed E-state index contributed by atoms with van der Waals surface area (Å²) in [6.07, 6.45) is 4.69. The monoisotopic (exact) mass is 341 g/mol. The van der Waals surface area contributed by atoms with Crippen LogP contribution in [0.15, 0.2) is 18.3 Å². The highest BCUT2D eigenvalue weighted by atomic mass is 16.2. The van der Waals surface area contributed by atoms with E-state index in [0.29, 0.717) is 31.1 Å². The van der Waals surface area contributed by atoms with Crippen molar-refractivity contribution in [2.75, 3.05) is 13.1 Å². The second-order valence-corrected chi connectivity index (χ2v) is 6.73. The topological polar surface area (TPSA) is 62.3 Å². The van der Waals surface area contributed by atoms with Gasteiger partial charge in [-0.3, -0.25) is 9.59 Å². The van der Waals surface area contributed by atoms with Crippen molar-refractivity contribution in [3.05, 3.63) is 29.6 Å². The van der Waals surface area contributed by atoms with Gasteiger partial charge in [-0.1, -0.05) is 32.6 Å². The first-order valence-corrected chi connectivity index (χ1v) is 9.05. The Kier molecular flexibility index (Phi) is 7.00. The minimum atomic E-state index is -0.165. The van der Waals surface area contributed by atoms with E-state index >= 15 is 0 Å². The van der Waals surface area contributed by atoms with E-state index in [2.05, 4.69) is 22.1 Å². The maximum Gasteiger partial charge on any atom is 0.270 e. The first-order valence-electron chi connectivity index (χ1n) is 9.05. The molecule has 2 amide bonds. The third kappa shape index (κ3) is 5.90. The molecule has 25 heavy (non-hydrogen) atoms. The highest BCUT2D eigenvalue weighted by Crippen LogP contribution is 2.13. The number of hydrogen-bond donors (Lipinski definition) is 1. The molecule has 1 aliphatic heterocycles. The molecule has 1 saturated heterocycles. The molecule has 0 atom stereocenters. The molecule has 1 aliphatic rings. The zero-order valence-corrected chi connectivity index (χ0v) is 15.3. The molecule has 0 aromatic carbocycles. The summed E-state index contributed by atoms with van der Waals surface area (Å²) in [5.41, 5.74) is 1.22. The van der Waals surface area contributed by atoms with E-state index in [1.807, 2.05) is 31.7 Å². The lowest BCUT2D eigenvalue weighted by molar-refractivity contribution is -0.132. The van der Waals surface area contributed by atoms with Gasteiger partial charge in [-0.25, -0.2) is 4.98 Å². The molecule has 1 aromatic heterocycles. The maximum absolute atomic E-state index is 12.3. The molecule has 0 bridgehead atoms. The molecule has 0 saturated carbocycles. The smallest absolute Gasteiger partial charge is 0.270 e. The van der Waals surface area contributed by atoms with Gasteiger partial charge in [0, 0.05) is 43.2 Å². The van der Waals surface area contributed by atoms with E-state index < -0.39 is 0 Å². The molecule has 2 rings (SSSR count). The fraction of sp³-hybridized carbons (Fsp3) is 0.550. The van der Waals surface area contributed by atoms with Gasteiger partial charge in [-0.15, -0.1) is 0 Å². The van der Waals surface area contributed by atoms with Gasteiger partial charge in [0.05, 0.1) is 0 Å². The molecular formula is C20H27N3O2. The highest BCUT2D eigenvalue weighted by Gasteiger charge is 2.23. The van der Waals surface area contributed by atoms with E-state index in [9.17, 15) is 9.59 Å². The summed E-state index contributed by atoms with van der Waals surface area (Å²) in [7, 11) is 0. The molecule has 0 radical (unpaired) electrons. The van der Waals surface area contributed by atoms with Crippen LogP contribution >= 0.6 is 0 Å². The predicted octanol–water partition coefficient (Wildman–Crippen LogP) is 2.61. The predicted molar refractivity (Wildman–Crippen MR) is 97.9 cm³/mol. The average molecular weight is 341 g/mol. The van der Waals surface area contributed by atoms with Crippen molar-refractivity contribution in [3.63, 3.8) is 0 Å². The van der Waals surface area contributed by atoms with Crippen molar-refractivity contribution in [2.45, 2.75) is 52.5 Å². The largest absolute Gasteiger partial charge is 0.348 e. The normalized spacial score (nSPS) is 14.8. The molecule has 134 valence electrons. The summed E-state index contributed by atoms with van der Waals surface area (Å²) >= 11 is 0. The summed E-state index contributed by atoms with van der Waals surface area (Å²) in [5, 5.41) is 3.02. The lowest BCUT2D eigenvalue weighted by Gasteiger charge is -2.32. The lowest BCUT2D eigenvalue weighted by atomic mass is 10.0. The van der Waals surface area contributed by atoms with Crippen molar-refractivity contribution in [1.82, 2.24) is 15.2 Å². The molecule has 1 N–H and O–H groups in total. The number of pyridine rings is 1. The molecule has 5 nitrogen and oxygen atoms in total. The van der Waals surface area contributed by atoms with E-state index in [1.54, 1.807) is 12.3 Å². The van der Waals surface area contributed by atoms with Crippen LogP contribution in [0.4, 0.5) is 0 Å². The summed E-state index contributed by atoms with van der Waals surface area (Å²) in [5.74, 6) is 6.46. The van der Waals surface area contributed by atoms with Gasteiger partial charge in [0.25, 0.3) is 5.91 Å². The Morgan fingerprint density at radius 3 is 2.60 bits per heavy atom. The molecule has 1 aromatic rings. The average Bonchev–Trinajstić information content (AvgIpc) is 2.61. The maximum atomic E-state index is 12.3. The van der Waals surface area contributed by atoms with Gasteiger partial charge in [-0.05, 0) is 31.4 Å². The van der Waals surface area contributed by atoms with E-state index in [0.717, 1.165) is 24.8 Å². The Labute approximate surface area is 150 Å². The van der Waals surface area contributed by atoms with Crippen molar-refractivity contribution >= 4 is 11.8 Å². The zero-order chi connectivity index (χ0) is 18.2. The van der Waals surface area contributed by atoms with Crippen LogP contribution in [-0.2, 0) is 4.79 Å². The Morgan fingerprint density at radius 2 is 2.04 bits per heavy atom. The van der Waals surface area contributed by atoms with E-state index in [-0.39, 0.29) is 17.9 Å². The van der Waals surface area contributed by atoms with Crippen LogP contribution in [0.2, 0.25) is 0 Å². The van der Waals surface area contributed by atoms with Crippen LogP contribution in [0, 0.1) is 17.8 Å². The van der Waals surface area contributed by atoms with Gasteiger partial charge in [-0.2, -0.15) is 0 Å². The van der Waals surface area contributed by atoms with Crippen LogP contribution in [0.5, 0.6) is 0 Å². The van der Waals surface area contributed by atoms with Gasteiger partial charge in [0.15, 0.2) is 0 Å². The zero-order valence-electron chi connectivity index (χ0n) is 15.3. The summed E-state index contributed by atoms with van der Waals surface area (Å²) in [6, 6.07) is 3.63. The van der Waals surface area contributed by atoms with Gasteiger partial charge in [0.2, 0.25) is 5.91 Å². The first kappa shape index (κ1) is 19.0. The number of rotatable bonds is 4. The fourth-order valence-electron chi connectivity index (χ4n) is 2.73. The minimum Gasteiger partial charge on any atom is -0.348 e. The third-order valence-corrected chi connectivity index (χ3v) is 4.15. The van der Waals surface area contributed by atoms with Crippen LogP contribution in [-0.4, -0.2) is 40.8 Å². The third-order valence-electron chi connectivity index (χ3n) is 4.15. The molecule has 5 heteroatoms. The van der Waals surface area contributed by atoms with E-state index in [4.69, 9.17) is 0 Å². The standard InChI is InChI=1S/C20H27N3O2/c1-4-5-19(24)23-12-10-17(11-13-23)22-20(25)18-9-8-16(14-21-18)7-6-15(2)3/h8-9,14-15,17H,4-5,10-13H2,1-3H3,(H,22,25). The number of aromatic nitrogens is 1. The molecule has 0 spiro atoms. The summed E-state index contributed by atoms with van der Waals surface area (Å²) in [6.45, 7) is 7.49. The number of amides is 2. The molecule has 0 unspecified atom stereocenters. The fourth-order valence-corrected chi connectivity index (χ4v) is 2.73.